The summed E-state index contributed by atoms with van der Waals surface area (Å²) in [6, 6.07) is 0. The fourth-order valence-electron chi connectivity index (χ4n) is 0.568. The van der Waals surface area contributed by atoms with Crippen molar-refractivity contribution in [3.63, 3.8) is 0 Å². The van der Waals surface area contributed by atoms with Crippen molar-refractivity contribution in [3.05, 3.63) is 0 Å². The molecule has 0 spiro atoms. The zero-order chi connectivity index (χ0) is 6.41. The molecule has 0 saturated heterocycles. The van der Waals surface area contributed by atoms with E-state index in [1.807, 2.05) is 0 Å². The van der Waals surface area contributed by atoms with Gasteiger partial charge in [-0.3, -0.25) is 0 Å². The fraction of sp³-hybridized carbons (Fsp3) is 1.00. The van der Waals surface area contributed by atoms with E-state index in [1.54, 1.807) is 0 Å². The summed E-state index contributed by atoms with van der Waals surface area (Å²) in [5, 5.41) is 3.46. The lowest BCUT2D eigenvalue weighted by atomic mass is 11.2. The molecule has 0 unspecified atom stereocenters. The van der Waals surface area contributed by atoms with Gasteiger partial charge in [-0.1, -0.05) is 19.6 Å². The third kappa shape index (κ3) is 6.39. The number of rotatable bonds is 4. The van der Waals surface area contributed by atoms with Crippen LogP contribution in [0.5, 0.6) is 0 Å². The van der Waals surface area contributed by atoms with E-state index in [0.29, 0.717) is 0 Å². The van der Waals surface area contributed by atoms with E-state index >= 15 is 0 Å². The van der Waals surface area contributed by atoms with Gasteiger partial charge in [-0.05, 0) is 12.3 Å². The third-order valence-corrected chi connectivity index (χ3v) is 2.94. The molecule has 0 aliphatic rings. The zero-order valence-corrected chi connectivity index (χ0v) is 8.77. The highest BCUT2D eigenvalue weighted by atomic mass is 28.3. The third-order valence-electron chi connectivity index (χ3n) is 0.979. The molecule has 8 heavy (non-hydrogen) atoms. The molecule has 0 aliphatic heterocycles. The van der Waals surface area contributed by atoms with Crippen molar-refractivity contribution in [1.29, 1.82) is 0 Å². The lowest BCUT2D eigenvalue weighted by Gasteiger charge is -2.02. The van der Waals surface area contributed by atoms with Gasteiger partial charge in [-0.15, -0.1) is 0 Å². The first-order valence-electron chi connectivity index (χ1n) is 3.48. The van der Waals surface area contributed by atoms with Crippen molar-refractivity contribution in [2.24, 2.45) is 0 Å². The van der Waals surface area contributed by atoms with Crippen molar-refractivity contribution < 1.29 is 0 Å². The molecular formula is C5H17NSi2. The van der Waals surface area contributed by atoms with Crippen molar-refractivity contribution in [3.8, 4) is 0 Å². The number of hydrogen-bond donors (Lipinski definition) is 1. The molecule has 1 nitrogen and oxygen atoms in total. The van der Waals surface area contributed by atoms with E-state index in [2.05, 4.69) is 25.0 Å². The molecule has 0 bridgehead atoms. The van der Waals surface area contributed by atoms with Crippen LogP contribution >= 0.6 is 0 Å². The Morgan fingerprint density at radius 2 is 2.12 bits per heavy atom. The summed E-state index contributed by atoms with van der Waals surface area (Å²) in [6.07, 6.45) is 2.67. The van der Waals surface area contributed by atoms with E-state index < -0.39 is 0 Å². The molecule has 0 aromatic carbocycles. The largest absolute Gasteiger partial charge is 0.323 e. The van der Waals surface area contributed by atoms with Crippen LogP contribution in [0.3, 0.4) is 0 Å². The van der Waals surface area contributed by atoms with Gasteiger partial charge in [-0.2, -0.15) is 0 Å². The van der Waals surface area contributed by atoms with Gasteiger partial charge in [0.05, 0.1) is 0 Å². The molecule has 0 aromatic rings. The Hall–Kier alpha value is 0.394. The normalized spacial score (nSPS) is 12.0. The van der Waals surface area contributed by atoms with Crippen LogP contribution in [0.1, 0.15) is 0 Å². The second-order valence-corrected chi connectivity index (χ2v) is 7.29. The number of nitrogens with one attached hydrogen (secondary N) is 1. The minimum absolute atomic E-state index is 0.282. The van der Waals surface area contributed by atoms with Gasteiger partial charge < -0.3 is 5.32 Å². The highest BCUT2D eigenvalue weighted by Crippen LogP contribution is 1.72. The minimum Gasteiger partial charge on any atom is -0.323 e. The molecule has 0 heterocycles. The van der Waals surface area contributed by atoms with Crippen LogP contribution < -0.4 is 5.32 Å². The van der Waals surface area contributed by atoms with Crippen molar-refractivity contribution in [2.45, 2.75) is 19.6 Å². The molecule has 50 valence electrons. The van der Waals surface area contributed by atoms with E-state index in [9.17, 15) is 0 Å². The fourth-order valence-corrected chi connectivity index (χ4v) is 2.31. The van der Waals surface area contributed by atoms with Crippen molar-refractivity contribution >= 4 is 18.3 Å². The molecule has 0 radical (unpaired) electrons. The maximum atomic E-state index is 3.46. The maximum absolute atomic E-state index is 3.46. The standard InChI is InChI=1S/C5H17NSi2/c1-7-4-6-5-8(2)3/h6,8H,4-5,7H2,1-3H3. The molecular weight excluding hydrogens is 130 g/mol. The van der Waals surface area contributed by atoms with E-state index in [1.165, 1.54) is 12.3 Å². The molecule has 0 rings (SSSR count). The predicted octanol–water partition coefficient (Wildman–Crippen LogP) is -0.224. The Morgan fingerprint density at radius 1 is 1.50 bits per heavy atom. The molecule has 0 fully saturated rings. The minimum atomic E-state index is -0.291. The average molecular weight is 147 g/mol. The second-order valence-electron chi connectivity index (χ2n) is 2.60. The Bertz CT molecular complexity index is 47.7. The first-order chi connectivity index (χ1) is 3.77. The highest BCUT2D eigenvalue weighted by Gasteiger charge is 1.90. The second kappa shape index (κ2) is 5.53. The van der Waals surface area contributed by atoms with Crippen LogP contribution in [0, 0.1) is 0 Å². The SMILES string of the molecule is C[SiH2]CNC[SiH](C)C. The maximum Gasteiger partial charge on any atom is 0.0466 e. The van der Waals surface area contributed by atoms with Crippen LogP contribution in [0.25, 0.3) is 0 Å². The van der Waals surface area contributed by atoms with Crippen LogP contribution in [0.15, 0.2) is 0 Å². The van der Waals surface area contributed by atoms with Gasteiger partial charge in [0, 0.05) is 18.3 Å². The van der Waals surface area contributed by atoms with E-state index in [-0.39, 0.29) is 18.3 Å². The summed E-state index contributed by atoms with van der Waals surface area (Å²) in [5.41, 5.74) is 0. The Kier molecular flexibility index (Phi) is 5.80. The van der Waals surface area contributed by atoms with Crippen molar-refractivity contribution in [2.75, 3.05) is 12.3 Å². The molecule has 0 aliphatic carbocycles. The Labute approximate surface area is 56.3 Å². The van der Waals surface area contributed by atoms with Crippen molar-refractivity contribution in [1.82, 2.24) is 5.32 Å². The lowest BCUT2D eigenvalue weighted by molar-refractivity contribution is 0.914. The first kappa shape index (κ1) is 8.39. The van der Waals surface area contributed by atoms with Crippen LogP contribution in [-0.4, -0.2) is 30.7 Å². The number of hydrogen-bond acceptors (Lipinski definition) is 1. The summed E-state index contributed by atoms with van der Waals surface area (Å²) < 4.78 is 0. The van der Waals surface area contributed by atoms with E-state index in [4.69, 9.17) is 0 Å². The summed E-state index contributed by atoms with van der Waals surface area (Å²) in [7, 11) is -0.00887. The van der Waals surface area contributed by atoms with Gasteiger partial charge in [0.25, 0.3) is 0 Å². The smallest absolute Gasteiger partial charge is 0.0466 e. The quantitative estimate of drug-likeness (QED) is 0.428. The summed E-state index contributed by atoms with van der Waals surface area (Å²) in [6.45, 7) is 7.10. The summed E-state index contributed by atoms with van der Waals surface area (Å²) >= 11 is 0. The Balaban J connectivity index is 2.72. The van der Waals surface area contributed by atoms with Gasteiger partial charge in [0.2, 0.25) is 0 Å². The molecule has 3 heteroatoms. The first-order valence-corrected chi connectivity index (χ1v) is 9.02. The molecule has 0 saturated carbocycles. The van der Waals surface area contributed by atoms with Gasteiger partial charge in [0.1, 0.15) is 0 Å². The van der Waals surface area contributed by atoms with Crippen LogP contribution in [-0.2, 0) is 0 Å². The van der Waals surface area contributed by atoms with Gasteiger partial charge in [0.15, 0.2) is 0 Å². The monoisotopic (exact) mass is 147 g/mol. The zero-order valence-electron chi connectivity index (χ0n) is 6.20. The average Bonchev–Trinajstić information content (AvgIpc) is 1.66. The topological polar surface area (TPSA) is 12.0 Å². The highest BCUT2D eigenvalue weighted by molar-refractivity contribution is 6.56. The summed E-state index contributed by atoms with van der Waals surface area (Å²) in [5.74, 6) is 0. The molecule has 0 amide bonds. The van der Waals surface area contributed by atoms with Gasteiger partial charge >= 0.3 is 0 Å². The van der Waals surface area contributed by atoms with Gasteiger partial charge in [-0.25, -0.2) is 0 Å². The molecule has 0 atom stereocenters. The Morgan fingerprint density at radius 3 is 2.50 bits per heavy atom. The summed E-state index contributed by atoms with van der Waals surface area (Å²) in [4.78, 5) is 0. The lowest BCUT2D eigenvalue weighted by Crippen LogP contribution is -2.28. The van der Waals surface area contributed by atoms with E-state index in [0.717, 1.165) is 0 Å². The predicted molar refractivity (Wildman–Crippen MR) is 46.2 cm³/mol. The molecule has 1 N–H and O–H groups in total. The molecule has 0 aromatic heterocycles. The van der Waals surface area contributed by atoms with Crippen LogP contribution in [0.2, 0.25) is 19.6 Å². The van der Waals surface area contributed by atoms with Crippen LogP contribution in [0.4, 0.5) is 0 Å².